The Morgan fingerprint density at radius 1 is 1.29 bits per heavy atom. The third-order valence-corrected chi connectivity index (χ3v) is 2.98. The van der Waals surface area contributed by atoms with Crippen molar-refractivity contribution in [3.05, 3.63) is 46.2 Å². The van der Waals surface area contributed by atoms with E-state index in [4.69, 9.17) is 11.6 Å². The summed E-state index contributed by atoms with van der Waals surface area (Å²) in [6, 6.07) is 8.07. The molecule has 0 saturated heterocycles. The number of halogens is 1. The van der Waals surface area contributed by atoms with Gasteiger partial charge in [-0.2, -0.15) is 0 Å². The molecular formula is C13H20BrN3. The first-order valence-corrected chi connectivity index (χ1v) is 6.32. The fraction of sp³-hybridized carbons (Fsp3) is 0.385. The zero-order valence-electron chi connectivity index (χ0n) is 10.6. The summed E-state index contributed by atoms with van der Waals surface area (Å²) in [5.74, 6) is 5.91. The molecule has 0 aliphatic carbocycles. The van der Waals surface area contributed by atoms with Crippen LogP contribution < -0.4 is 11.6 Å². The zero-order chi connectivity index (χ0) is 13.1. The smallest absolute Gasteiger partial charge is 0.0586 e. The van der Waals surface area contributed by atoms with Crippen LogP contribution in [0.25, 0.3) is 0 Å². The van der Waals surface area contributed by atoms with Crippen molar-refractivity contribution < 1.29 is 0 Å². The van der Waals surface area contributed by atoms with Gasteiger partial charge in [-0.15, -0.1) is 0 Å². The maximum absolute atomic E-state index is 5.96. The highest BCUT2D eigenvalue weighted by molar-refractivity contribution is 9.10. The topological polar surface area (TPSA) is 55.3 Å². The third-order valence-electron chi connectivity index (χ3n) is 2.45. The Labute approximate surface area is 112 Å². The average molecular weight is 298 g/mol. The second-order valence-corrected chi connectivity index (χ2v) is 6.05. The minimum Gasteiger partial charge on any atom is -0.400 e. The highest BCUT2D eigenvalue weighted by Crippen LogP contribution is 2.20. The minimum atomic E-state index is -0.0582. The Morgan fingerprint density at radius 3 is 2.29 bits per heavy atom. The first kappa shape index (κ1) is 14.1. The van der Waals surface area contributed by atoms with Gasteiger partial charge in [-0.3, -0.25) is 0 Å². The number of nitrogens with zero attached hydrogens (tertiary/aromatic N) is 1. The molecule has 0 bridgehead atoms. The fourth-order valence-corrected chi connectivity index (χ4v) is 1.48. The normalized spacial score (nSPS) is 12.6. The molecule has 0 saturated carbocycles. The SMILES string of the molecule is CC(C)(C)/C(N)=C/N(N)Cc1ccc(Br)cc1. The van der Waals surface area contributed by atoms with Crippen molar-refractivity contribution >= 4 is 15.9 Å². The number of hydrogen-bond acceptors (Lipinski definition) is 3. The van der Waals surface area contributed by atoms with E-state index in [0.29, 0.717) is 6.54 Å². The molecule has 1 aromatic rings. The van der Waals surface area contributed by atoms with E-state index in [9.17, 15) is 0 Å². The summed E-state index contributed by atoms with van der Waals surface area (Å²) in [6.07, 6.45) is 1.79. The molecule has 4 heteroatoms. The molecule has 0 aliphatic rings. The lowest BCUT2D eigenvalue weighted by Gasteiger charge is -2.22. The Morgan fingerprint density at radius 2 is 1.82 bits per heavy atom. The zero-order valence-corrected chi connectivity index (χ0v) is 12.2. The number of rotatable bonds is 3. The van der Waals surface area contributed by atoms with Crippen LogP contribution in [0, 0.1) is 5.41 Å². The van der Waals surface area contributed by atoms with Gasteiger partial charge in [0.15, 0.2) is 0 Å². The molecule has 0 heterocycles. The summed E-state index contributed by atoms with van der Waals surface area (Å²) in [6.45, 7) is 6.83. The first-order chi connectivity index (χ1) is 7.79. The molecule has 0 amide bonds. The van der Waals surface area contributed by atoms with E-state index < -0.39 is 0 Å². The van der Waals surface area contributed by atoms with Crippen molar-refractivity contribution in [2.24, 2.45) is 17.0 Å². The van der Waals surface area contributed by atoms with E-state index >= 15 is 0 Å². The van der Waals surface area contributed by atoms with Crippen LogP contribution in [-0.2, 0) is 6.54 Å². The second-order valence-electron chi connectivity index (χ2n) is 5.13. The Bertz CT molecular complexity index is 390. The standard InChI is InChI=1S/C13H20BrN3/c1-13(2,3)12(15)9-17(16)8-10-4-6-11(14)7-5-10/h4-7,9H,8,15-16H2,1-3H3/b12-9-. The summed E-state index contributed by atoms with van der Waals surface area (Å²) >= 11 is 3.40. The van der Waals surface area contributed by atoms with Crippen LogP contribution in [0.4, 0.5) is 0 Å². The fourth-order valence-electron chi connectivity index (χ4n) is 1.22. The van der Waals surface area contributed by atoms with Crippen molar-refractivity contribution in [1.29, 1.82) is 0 Å². The van der Waals surface area contributed by atoms with Gasteiger partial charge in [0.05, 0.1) is 6.54 Å². The van der Waals surface area contributed by atoms with Crippen LogP contribution in [0.15, 0.2) is 40.6 Å². The van der Waals surface area contributed by atoms with Crippen molar-refractivity contribution in [2.75, 3.05) is 0 Å². The van der Waals surface area contributed by atoms with Gasteiger partial charge in [-0.05, 0) is 17.7 Å². The van der Waals surface area contributed by atoms with Gasteiger partial charge in [-0.25, -0.2) is 5.84 Å². The summed E-state index contributed by atoms with van der Waals surface area (Å²) in [5, 5.41) is 1.61. The van der Waals surface area contributed by atoms with Crippen LogP contribution >= 0.6 is 15.9 Å². The molecule has 4 N–H and O–H groups in total. The molecule has 1 rings (SSSR count). The quantitative estimate of drug-likeness (QED) is 0.666. The van der Waals surface area contributed by atoms with Gasteiger partial charge >= 0.3 is 0 Å². The van der Waals surface area contributed by atoms with Crippen molar-refractivity contribution in [3.8, 4) is 0 Å². The molecule has 0 aliphatic heterocycles. The lowest BCUT2D eigenvalue weighted by Crippen LogP contribution is -2.28. The lowest BCUT2D eigenvalue weighted by atomic mass is 9.93. The number of hydrazine groups is 1. The highest BCUT2D eigenvalue weighted by atomic mass is 79.9. The molecule has 3 nitrogen and oxygen atoms in total. The Kier molecular flexibility index (Phi) is 4.60. The van der Waals surface area contributed by atoms with Gasteiger partial charge in [0.25, 0.3) is 0 Å². The van der Waals surface area contributed by atoms with Crippen LogP contribution in [-0.4, -0.2) is 5.01 Å². The van der Waals surface area contributed by atoms with E-state index in [1.807, 2.05) is 24.3 Å². The molecule has 94 valence electrons. The van der Waals surface area contributed by atoms with Gasteiger partial charge in [0.2, 0.25) is 0 Å². The number of nitrogens with two attached hydrogens (primary N) is 2. The van der Waals surface area contributed by atoms with Crippen LogP contribution in [0.5, 0.6) is 0 Å². The maximum atomic E-state index is 5.96. The van der Waals surface area contributed by atoms with Gasteiger partial charge in [0.1, 0.15) is 0 Å². The molecule has 1 aromatic carbocycles. The lowest BCUT2D eigenvalue weighted by molar-refractivity contribution is 0.368. The van der Waals surface area contributed by atoms with Crippen LogP contribution in [0.1, 0.15) is 26.3 Å². The van der Waals surface area contributed by atoms with E-state index in [2.05, 4.69) is 36.7 Å². The largest absolute Gasteiger partial charge is 0.400 e. The molecule has 0 atom stereocenters. The number of hydrogen-bond donors (Lipinski definition) is 2. The summed E-state index contributed by atoms with van der Waals surface area (Å²) < 4.78 is 1.06. The van der Waals surface area contributed by atoms with Gasteiger partial charge in [-0.1, -0.05) is 48.8 Å². The van der Waals surface area contributed by atoms with E-state index in [1.165, 1.54) is 0 Å². The third kappa shape index (κ3) is 4.79. The molecular weight excluding hydrogens is 278 g/mol. The Hall–Kier alpha value is -1.00. The first-order valence-electron chi connectivity index (χ1n) is 5.52. The number of allylic oxidation sites excluding steroid dienone is 1. The molecule has 0 aromatic heterocycles. The average Bonchev–Trinajstić information content (AvgIpc) is 2.20. The van der Waals surface area contributed by atoms with Crippen molar-refractivity contribution in [1.82, 2.24) is 5.01 Å². The molecule has 0 fully saturated rings. The maximum Gasteiger partial charge on any atom is 0.0586 e. The predicted molar refractivity (Wildman–Crippen MR) is 75.6 cm³/mol. The second kappa shape index (κ2) is 5.56. The monoisotopic (exact) mass is 297 g/mol. The minimum absolute atomic E-state index is 0.0582. The predicted octanol–water partition coefficient (Wildman–Crippen LogP) is 2.97. The van der Waals surface area contributed by atoms with E-state index in [1.54, 1.807) is 11.2 Å². The summed E-state index contributed by atoms with van der Waals surface area (Å²) in [7, 11) is 0. The Balaban J connectivity index is 2.67. The summed E-state index contributed by atoms with van der Waals surface area (Å²) in [4.78, 5) is 0. The molecule has 0 spiro atoms. The number of benzene rings is 1. The molecule has 0 radical (unpaired) electrons. The van der Waals surface area contributed by atoms with Crippen LogP contribution in [0.2, 0.25) is 0 Å². The van der Waals surface area contributed by atoms with E-state index in [0.717, 1.165) is 15.7 Å². The van der Waals surface area contributed by atoms with Gasteiger partial charge < -0.3 is 10.7 Å². The van der Waals surface area contributed by atoms with Crippen molar-refractivity contribution in [3.63, 3.8) is 0 Å². The van der Waals surface area contributed by atoms with E-state index in [-0.39, 0.29) is 5.41 Å². The summed E-state index contributed by atoms with van der Waals surface area (Å²) in [5.41, 5.74) is 7.83. The van der Waals surface area contributed by atoms with Crippen molar-refractivity contribution in [2.45, 2.75) is 27.3 Å². The molecule has 0 unspecified atom stereocenters. The molecule has 17 heavy (non-hydrogen) atoms. The van der Waals surface area contributed by atoms with Crippen LogP contribution in [0.3, 0.4) is 0 Å². The highest BCUT2D eigenvalue weighted by Gasteiger charge is 2.14. The van der Waals surface area contributed by atoms with Gasteiger partial charge in [0, 0.05) is 21.8 Å².